The number of hydrogen-bond acceptors (Lipinski definition) is 3. The summed E-state index contributed by atoms with van der Waals surface area (Å²) in [6.07, 6.45) is 0. The van der Waals surface area contributed by atoms with Crippen LogP contribution in [0.5, 0.6) is 0 Å². The average Bonchev–Trinajstić information content (AvgIpc) is 2.29. The van der Waals surface area contributed by atoms with E-state index in [4.69, 9.17) is 11.6 Å². The monoisotopic (exact) mass is 257 g/mol. The first kappa shape index (κ1) is 12.1. The van der Waals surface area contributed by atoms with E-state index in [2.05, 4.69) is 11.8 Å². The van der Waals surface area contributed by atoms with Gasteiger partial charge in [-0.2, -0.15) is 11.8 Å². The Morgan fingerprint density at radius 1 is 1.56 bits per heavy atom. The van der Waals surface area contributed by atoms with Crippen LogP contribution in [0, 0.1) is 0 Å². The van der Waals surface area contributed by atoms with Crippen molar-refractivity contribution in [1.82, 2.24) is 0 Å². The molecule has 1 aromatic rings. The van der Waals surface area contributed by atoms with Gasteiger partial charge in [0.15, 0.2) is 0 Å². The topological polar surface area (TPSA) is 23.5 Å². The van der Waals surface area contributed by atoms with Crippen LogP contribution in [0.1, 0.15) is 12.5 Å². The van der Waals surface area contributed by atoms with E-state index in [1.165, 1.54) is 0 Å². The lowest BCUT2D eigenvalue weighted by Gasteiger charge is -2.36. The molecule has 1 saturated heterocycles. The highest BCUT2D eigenvalue weighted by Gasteiger charge is 2.21. The van der Waals surface area contributed by atoms with Crippen LogP contribution in [0.25, 0.3) is 0 Å². The predicted molar refractivity (Wildman–Crippen MR) is 71.5 cm³/mol. The number of nitrogens with zero attached hydrogens (tertiary/aromatic N) is 1. The zero-order valence-electron chi connectivity index (χ0n) is 9.32. The Balaban J connectivity index is 2.34. The molecule has 0 amide bonds. The van der Waals surface area contributed by atoms with E-state index < -0.39 is 0 Å². The number of benzene rings is 1. The van der Waals surface area contributed by atoms with Gasteiger partial charge in [-0.15, -0.1) is 0 Å². The molecule has 1 aliphatic rings. The summed E-state index contributed by atoms with van der Waals surface area (Å²) in [7, 11) is 0. The van der Waals surface area contributed by atoms with Gasteiger partial charge in [-0.3, -0.25) is 0 Å². The molecule has 4 heteroatoms. The third kappa shape index (κ3) is 2.31. The van der Waals surface area contributed by atoms with Gasteiger partial charge in [0.2, 0.25) is 0 Å². The lowest BCUT2D eigenvalue weighted by Crippen LogP contribution is -2.40. The third-order valence-electron chi connectivity index (χ3n) is 2.93. The van der Waals surface area contributed by atoms with Gasteiger partial charge in [0.1, 0.15) is 0 Å². The summed E-state index contributed by atoms with van der Waals surface area (Å²) in [5.41, 5.74) is 1.94. The molecular weight excluding hydrogens is 242 g/mol. The van der Waals surface area contributed by atoms with Crippen molar-refractivity contribution in [3.8, 4) is 0 Å². The van der Waals surface area contributed by atoms with E-state index in [-0.39, 0.29) is 6.61 Å². The maximum atomic E-state index is 9.40. The number of aliphatic hydroxyl groups is 1. The second kappa shape index (κ2) is 5.30. The molecule has 0 bridgehead atoms. The maximum Gasteiger partial charge on any atom is 0.0716 e. The molecule has 1 fully saturated rings. The lowest BCUT2D eigenvalue weighted by atomic mass is 10.1. The first-order chi connectivity index (χ1) is 7.74. The van der Waals surface area contributed by atoms with Crippen molar-refractivity contribution >= 4 is 29.1 Å². The van der Waals surface area contributed by atoms with Gasteiger partial charge in [0, 0.05) is 40.4 Å². The quantitative estimate of drug-likeness (QED) is 0.881. The van der Waals surface area contributed by atoms with Crippen molar-refractivity contribution in [2.24, 2.45) is 0 Å². The minimum atomic E-state index is 0.00533. The zero-order valence-corrected chi connectivity index (χ0v) is 10.9. The molecule has 88 valence electrons. The number of hydrogen-bond donors (Lipinski definition) is 1. The van der Waals surface area contributed by atoms with Crippen LogP contribution in [-0.2, 0) is 6.61 Å². The molecule has 1 heterocycles. The van der Waals surface area contributed by atoms with Crippen LogP contribution >= 0.6 is 23.4 Å². The normalized spacial score (nSPS) is 21.2. The highest BCUT2D eigenvalue weighted by atomic mass is 35.5. The van der Waals surface area contributed by atoms with E-state index in [1.807, 2.05) is 30.0 Å². The van der Waals surface area contributed by atoms with Gasteiger partial charge >= 0.3 is 0 Å². The molecule has 0 spiro atoms. The Hall–Kier alpha value is -0.380. The number of halogens is 1. The van der Waals surface area contributed by atoms with Crippen molar-refractivity contribution < 1.29 is 5.11 Å². The molecule has 1 N–H and O–H groups in total. The maximum absolute atomic E-state index is 9.40. The number of aliphatic hydroxyl groups excluding tert-OH is 1. The number of rotatable bonds is 2. The molecule has 1 aromatic carbocycles. The first-order valence-electron chi connectivity index (χ1n) is 5.46. The van der Waals surface area contributed by atoms with Crippen LogP contribution in [-0.4, -0.2) is 29.2 Å². The fourth-order valence-corrected chi connectivity index (χ4v) is 3.30. The Bertz CT molecular complexity index is 372. The second-order valence-electron chi connectivity index (χ2n) is 4.01. The summed E-state index contributed by atoms with van der Waals surface area (Å²) in [5, 5.41) is 10.1. The highest BCUT2D eigenvalue weighted by molar-refractivity contribution is 7.99. The van der Waals surface area contributed by atoms with Crippen LogP contribution in [0.15, 0.2) is 18.2 Å². The molecule has 0 saturated carbocycles. The predicted octanol–water partition coefficient (Wildman–Crippen LogP) is 2.77. The first-order valence-corrected chi connectivity index (χ1v) is 7.00. The molecule has 1 unspecified atom stereocenters. The van der Waals surface area contributed by atoms with Crippen LogP contribution in [0.3, 0.4) is 0 Å². The molecule has 1 aliphatic heterocycles. The number of thioether (sulfide) groups is 1. The second-order valence-corrected chi connectivity index (χ2v) is 5.57. The molecule has 2 rings (SSSR count). The fraction of sp³-hybridized carbons (Fsp3) is 0.500. The molecule has 1 atom stereocenters. The summed E-state index contributed by atoms with van der Waals surface area (Å²) in [4.78, 5) is 2.34. The third-order valence-corrected chi connectivity index (χ3v) is 4.47. The van der Waals surface area contributed by atoms with Gasteiger partial charge in [-0.1, -0.05) is 17.7 Å². The Morgan fingerprint density at radius 2 is 2.38 bits per heavy atom. The smallest absolute Gasteiger partial charge is 0.0716 e. The van der Waals surface area contributed by atoms with Gasteiger partial charge in [0.05, 0.1) is 6.61 Å². The van der Waals surface area contributed by atoms with Gasteiger partial charge in [-0.25, -0.2) is 0 Å². The van der Waals surface area contributed by atoms with E-state index in [0.717, 1.165) is 29.3 Å². The average molecular weight is 258 g/mol. The Morgan fingerprint density at radius 3 is 3.06 bits per heavy atom. The van der Waals surface area contributed by atoms with Gasteiger partial charge in [0.25, 0.3) is 0 Å². The highest BCUT2D eigenvalue weighted by Crippen LogP contribution is 2.31. The summed E-state index contributed by atoms with van der Waals surface area (Å²) in [6, 6.07) is 6.33. The van der Waals surface area contributed by atoms with Crippen molar-refractivity contribution in [2.75, 3.05) is 23.0 Å². The summed E-state index contributed by atoms with van der Waals surface area (Å²) < 4.78 is 0. The van der Waals surface area contributed by atoms with Crippen LogP contribution in [0.2, 0.25) is 5.02 Å². The van der Waals surface area contributed by atoms with Crippen LogP contribution in [0.4, 0.5) is 5.69 Å². The van der Waals surface area contributed by atoms with E-state index in [9.17, 15) is 5.11 Å². The largest absolute Gasteiger partial charge is 0.392 e. The van der Waals surface area contributed by atoms with Crippen molar-refractivity contribution in [1.29, 1.82) is 0 Å². The summed E-state index contributed by atoms with van der Waals surface area (Å²) in [6.45, 7) is 3.25. The minimum Gasteiger partial charge on any atom is -0.392 e. The fourth-order valence-electron chi connectivity index (χ4n) is 2.06. The van der Waals surface area contributed by atoms with E-state index in [0.29, 0.717) is 11.1 Å². The van der Waals surface area contributed by atoms with Gasteiger partial charge < -0.3 is 10.0 Å². The molecule has 16 heavy (non-hydrogen) atoms. The van der Waals surface area contributed by atoms with E-state index in [1.54, 1.807) is 0 Å². The van der Waals surface area contributed by atoms with Gasteiger partial charge in [-0.05, 0) is 19.1 Å². The minimum absolute atomic E-state index is 0.00533. The van der Waals surface area contributed by atoms with Crippen LogP contribution < -0.4 is 4.90 Å². The van der Waals surface area contributed by atoms with Crippen molar-refractivity contribution in [2.45, 2.75) is 19.6 Å². The Kier molecular flexibility index (Phi) is 4.00. The SMILES string of the molecule is CC1CSCCN1c1cccc(Cl)c1CO. The van der Waals surface area contributed by atoms with Crippen molar-refractivity contribution in [3.63, 3.8) is 0 Å². The summed E-state index contributed by atoms with van der Waals surface area (Å²) >= 11 is 8.09. The molecule has 2 nitrogen and oxygen atoms in total. The summed E-state index contributed by atoms with van der Waals surface area (Å²) in [5.74, 6) is 2.28. The number of anilines is 1. The Labute approximate surface area is 106 Å². The molecule has 0 radical (unpaired) electrons. The standard InChI is InChI=1S/C12H16ClNOS/c1-9-8-16-6-5-14(9)12-4-2-3-11(13)10(12)7-15/h2-4,9,15H,5-8H2,1H3. The zero-order chi connectivity index (χ0) is 11.5. The van der Waals surface area contributed by atoms with Crippen molar-refractivity contribution in [3.05, 3.63) is 28.8 Å². The molecule has 0 aliphatic carbocycles. The van der Waals surface area contributed by atoms with E-state index >= 15 is 0 Å². The lowest BCUT2D eigenvalue weighted by molar-refractivity contribution is 0.282. The molecular formula is C12H16ClNOS. The molecule has 0 aromatic heterocycles.